The summed E-state index contributed by atoms with van der Waals surface area (Å²) in [7, 11) is 0. The van der Waals surface area contributed by atoms with Crippen LogP contribution in [-0.2, 0) is 5.54 Å². The van der Waals surface area contributed by atoms with Gasteiger partial charge in [-0.2, -0.15) is 5.26 Å². The standard InChI is InChI=1S/C19H15BrN6/c20-12-1-2-13-15(17-14-3-6-23-18(14)25-11-24-17)8-26(16(13)7-12)19(4-5-21)9-22-10-19/h1-3,6-8,11,22H,4,9-10H2,(H,23,24,25). The van der Waals surface area contributed by atoms with Crippen LogP contribution in [0.1, 0.15) is 6.42 Å². The summed E-state index contributed by atoms with van der Waals surface area (Å²) >= 11 is 3.59. The highest BCUT2D eigenvalue weighted by Gasteiger charge is 2.40. The lowest BCUT2D eigenvalue weighted by molar-refractivity contribution is 0.187. The number of aromatic amines is 1. The molecule has 0 radical (unpaired) electrons. The Balaban J connectivity index is 1.82. The fourth-order valence-electron chi connectivity index (χ4n) is 3.81. The lowest BCUT2D eigenvalue weighted by Crippen LogP contribution is -2.60. The second kappa shape index (κ2) is 5.66. The van der Waals surface area contributed by atoms with Gasteiger partial charge in [-0.15, -0.1) is 0 Å². The number of hydrogen-bond donors (Lipinski definition) is 2. The van der Waals surface area contributed by atoms with Crippen LogP contribution in [0.5, 0.6) is 0 Å². The molecule has 7 heteroatoms. The zero-order chi connectivity index (χ0) is 17.7. The number of aromatic nitrogens is 4. The topological polar surface area (TPSA) is 82.3 Å². The van der Waals surface area contributed by atoms with Gasteiger partial charge in [-0.1, -0.05) is 22.0 Å². The average Bonchev–Trinajstić information content (AvgIpc) is 3.22. The molecule has 1 aliphatic rings. The van der Waals surface area contributed by atoms with E-state index in [2.05, 4.69) is 65.2 Å². The molecule has 1 aromatic carbocycles. The number of halogens is 1. The molecule has 3 aromatic heterocycles. The van der Waals surface area contributed by atoms with Crippen LogP contribution in [0.4, 0.5) is 0 Å². The van der Waals surface area contributed by atoms with Gasteiger partial charge in [0.15, 0.2) is 0 Å². The van der Waals surface area contributed by atoms with E-state index in [4.69, 9.17) is 0 Å². The van der Waals surface area contributed by atoms with E-state index < -0.39 is 0 Å². The summed E-state index contributed by atoms with van der Waals surface area (Å²) in [5, 5.41) is 14.8. The van der Waals surface area contributed by atoms with Crippen molar-refractivity contribution in [2.45, 2.75) is 12.0 Å². The van der Waals surface area contributed by atoms with Crippen molar-refractivity contribution in [3.63, 3.8) is 0 Å². The lowest BCUT2D eigenvalue weighted by Gasteiger charge is -2.43. The maximum absolute atomic E-state index is 9.37. The number of rotatable bonds is 3. The maximum Gasteiger partial charge on any atom is 0.141 e. The fraction of sp³-hybridized carbons (Fsp3) is 0.211. The lowest BCUT2D eigenvalue weighted by atomic mass is 9.88. The number of nitriles is 1. The maximum atomic E-state index is 9.37. The minimum Gasteiger partial charge on any atom is -0.346 e. The van der Waals surface area contributed by atoms with Gasteiger partial charge >= 0.3 is 0 Å². The first-order valence-electron chi connectivity index (χ1n) is 8.39. The van der Waals surface area contributed by atoms with E-state index in [-0.39, 0.29) is 5.54 Å². The van der Waals surface area contributed by atoms with Crippen molar-refractivity contribution in [2.75, 3.05) is 13.1 Å². The number of H-pyrrole nitrogens is 1. The van der Waals surface area contributed by atoms with Gasteiger partial charge in [0.05, 0.1) is 29.2 Å². The molecule has 26 heavy (non-hydrogen) atoms. The summed E-state index contributed by atoms with van der Waals surface area (Å²) in [5.41, 5.74) is 3.68. The van der Waals surface area contributed by atoms with E-state index in [0.29, 0.717) is 6.42 Å². The Morgan fingerprint density at radius 3 is 2.88 bits per heavy atom. The zero-order valence-electron chi connectivity index (χ0n) is 13.8. The van der Waals surface area contributed by atoms with E-state index in [1.165, 1.54) is 0 Å². The molecule has 1 fully saturated rings. The van der Waals surface area contributed by atoms with E-state index in [9.17, 15) is 5.26 Å². The van der Waals surface area contributed by atoms with Crippen LogP contribution in [0.3, 0.4) is 0 Å². The van der Waals surface area contributed by atoms with Crippen LogP contribution < -0.4 is 5.32 Å². The van der Waals surface area contributed by atoms with Gasteiger partial charge in [0.1, 0.15) is 12.0 Å². The molecule has 128 valence electrons. The first-order chi connectivity index (χ1) is 12.7. The van der Waals surface area contributed by atoms with Gasteiger partial charge in [0.25, 0.3) is 0 Å². The molecule has 0 aliphatic carbocycles. The van der Waals surface area contributed by atoms with Crippen LogP contribution in [0, 0.1) is 11.3 Å². The van der Waals surface area contributed by atoms with Gasteiger partial charge in [-0.25, -0.2) is 9.97 Å². The quantitative estimate of drug-likeness (QED) is 0.544. The van der Waals surface area contributed by atoms with Crippen molar-refractivity contribution in [3.8, 4) is 17.3 Å². The predicted molar refractivity (Wildman–Crippen MR) is 104 cm³/mol. The highest BCUT2D eigenvalue weighted by Crippen LogP contribution is 2.39. The molecule has 0 amide bonds. The van der Waals surface area contributed by atoms with Gasteiger partial charge in [0, 0.05) is 46.3 Å². The molecule has 4 aromatic rings. The normalized spacial score (nSPS) is 15.8. The molecule has 5 rings (SSSR count). The predicted octanol–water partition coefficient (Wildman–Crippen LogP) is 3.55. The average molecular weight is 407 g/mol. The molecule has 1 aliphatic heterocycles. The van der Waals surface area contributed by atoms with Crippen molar-refractivity contribution < 1.29 is 0 Å². The number of nitrogens with zero attached hydrogens (tertiary/aromatic N) is 4. The second-order valence-electron chi connectivity index (χ2n) is 6.70. The largest absolute Gasteiger partial charge is 0.346 e. The summed E-state index contributed by atoms with van der Waals surface area (Å²) in [6.07, 6.45) is 6.08. The second-order valence-corrected chi connectivity index (χ2v) is 7.61. The Hall–Kier alpha value is -2.69. The molecule has 0 atom stereocenters. The van der Waals surface area contributed by atoms with Crippen molar-refractivity contribution >= 4 is 37.9 Å². The molecule has 1 saturated heterocycles. The van der Waals surface area contributed by atoms with Gasteiger partial charge < -0.3 is 14.9 Å². The minimum absolute atomic E-state index is 0.212. The van der Waals surface area contributed by atoms with E-state index >= 15 is 0 Å². The summed E-state index contributed by atoms with van der Waals surface area (Å²) in [4.78, 5) is 12.0. The van der Waals surface area contributed by atoms with Crippen LogP contribution in [0.2, 0.25) is 0 Å². The van der Waals surface area contributed by atoms with Crippen molar-refractivity contribution in [1.29, 1.82) is 5.26 Å². The number of fused-ring (bicyclic) bond motifs is 2. The molecular weight excluding hydrogens is 392 g/mol. The van der Waals surface area contributed by atoms with E-state index in [0.717, 1.165) is 50.8 Å². The molecule has 6 nitrogen and oxygen atoms in total. The molecule has 2 N–H and O–H groups in total. The van der Waals surface area contributed by atoms with Gasteiger partial charge in [-0.3, -0.25) is 0 Å². The Labute approximate surface area is 158 Å². The van der Waals surface area contributed by atoms with E-state index in [1.54, 1.807) is 6.33 Å². The Morgan fingerprint density at radius 1 is 1.23 bits per heavy atom. The molecule has 4 heterocycles. The summed E-state index contributed by atoms with van der Waals surface area (Å²) in [6.45, 7) is 1.58. The fourth-order valence-corrected chi connectivity index (χ4v) is 4.16. The number of hydrogen-bond acceptors (Lipinski definition) is 4. The number of nitrogens with one attached hydrogen (secondary N) is 2. The summed E-state index contributed by atoms with van der Waals surface area (Å²) in [5.74, 6) is 0. The summed E-state index contributed by atoms with van der Waals surface area (Å²) < 4.78 is 3.27. The van der Waals surface area contributed by atoms with Crippen molar-refractivity contribution in [2.24, 2.45) is 0 Å². The summed E-state index contributed by atoms with van der Waals surface area (Å²) in [6, 6.07) is 10.6. The SMILES string of the molecule is N#CCC1(n2cc(-c3ncnc4[nH]ccc34)c3ccc(Br)cc32)CNC1. The van der Waals surface area contributed by atoms with E-state index in [1.807, 2.05) is 18.3 Å². The first-order valence-corrected chi connectivity index (χ1v) is 9.18. The van der Waals surface area contributed by atoms with Crippen LogP contribution in [0.25, 0.3) is 33.2 Å². The monoisotopic (exact) mass is 406 g/mol. The smallest absolute Gasteiger partial charge is 0.141 e. The molecule has 0 unspecified atom stereocenters. The third kappa shape index (κ3) is 2.13. The van der Waals surface area contributed by atoms with Crippen LogP contribution in [-0.4, -0.2) is 32.6 Å². The molecule has 0 bridgehead atoms. The first kappa shape index (κ1) is 15.6. The van der Waals surface area contributed by atoms with Crippen molar-refractivity contribution in [1.82, 2.24) is 24.8 Å². The number of benzene rings is 1. The molecule has 0 spiro atoms. The van der Waals surface area contributed by atoms with Gasteiger partial charge in [-0.05, 0) is 18.2 Å². The third-order valence-corrected chi connectivity index (χ3v) is 5.70. The van der Waals surface area contributed by atoms with Crippen molar-refractivity contribution in [3.05, 3.63) is 47.5 Å². The van der Waals surface area contributed by atoms with Gasteiger partial charge in [0.2, 0.25) is 0 Å². The van der Waals surface area contributed by atoms with Crippen LogP contribution in [0.15, 0.2) is 47.5 Å². The zero-order valence-corrected chi connectivity index (χ0v) is 15.4. The minimum atomic E-state index is -0.212. The Kier molecular flexibility index (Phi) is 3.39. The molecule has 0 saturated carbocycles. The Bertz CT molecular complexity index is 1180. The Morgan fingerprint density at radius 2 is 2.12 bits per heavy atom. The highest BCUT2D eigenvalue weighted by atomic mass is 79.9. The third-order valence-electron chi connectivity index (χ3n) is 5.20. The highest BCUT2D eigenvalue weighted by molar-refractivity contribution is 9.10. The molecular formula is C19H15BrN6. The van der Waals surface area contributed by atoms with Crippen LogP contribution >= 0.6 is 15.9 Å².